The van der Waals surface area contributed by atoms with Gasteiger partial charge in [0.25, 0.3) is 0 Å². The first-order valence-electron chi connectivity index (χ1n) is 8.38. The Kier molecular flexibility index (Phi) is 4.53. The summed E-state index contributed by atoms with van der Waals surface area (Å²) in [5.74, 6) is 2.15. The van der Waals surface area contributed by atoms with Crippen molar-refractivity contribution in [2.75, 3.05) is 37.7 Å². The molecule has 2 aliphatic heterocycles. The lowest BCUT2D eigenvalue weighted by molar-refractivity contribution is -0.914. The molecular weight excluding hydrogens is 286 g/mol. The van der Waals surface area contributed by atoms with E-state index in [0.29, 0.717) is 0 Å². The molecule has 1 spiro atoms. The average molecular weight is 314 g/mol. The van der Waals surface area contributed by atoms with E-state index in [4.69, 9.17) is 4.74 Å². The molecule has 0 bridgehead atoms. The molecule has 1 aliphatic carbocycles. The molecule has 0 amide bonds. The van der Waals surface area contributed by atoms with Crippen LogP contribution in [-0.2, 0) is 9.53 Å². The number of hydrogen-bond donors (Lipinski definition) is 1. The Hall–Kier alpha value is -0.260. The molecule has 4 nitrogen and oxygen atoms in total. The van der Waals surface area contributed by atoms with Crippen LogP contribution in [0, 0.1) is 5.92 Å². The summed E-state index contributed by atoms with van der Waals surface area (Å²) in [4.78, 5) is 12.4. The number of esters is 1. The van der Waals surface area contributed by atoms with Crippen LogP contribution in [-0.4, -0.2) is 64.9 Å². The summed E-state index contributed by atoms with van der Waals surface area (Å²) in [6, 6.07) is 0. The van der Waals surface area contributed by atoms with E-state index in [2.05, 4.69) is 0 Å². The number of carbonyl (C=O) groups is 1. The van der Waals surface area contributed by atoms with Crippen LogP contribution in [0.3, 0.4) is 0 Å². The van der Waals surface area contributed by atoms with Gasteiger partial charge in [-0.25, -0.2) is 4.79 Å². The largest absolute Gasteiger partial charge is 0.454 e. The number of rotatable bonds is 3. The molecule has 3 aliphatic rings. The normalized spacial score (nSPS) is 32.2. The highest BCUT2D eigenvalue weighted by Gasteiger charge is 2.46. The van der Waals surface area contributed by atoms with Crippen LogP contribution in [0.4, 0.5) is 0 Å². The molecule has 3 rings (SSSR count). The molecule has 0 radical (unpaired) electrons. The quantitative estimate of drug-likeness (QED) is 0.637. The van der Waals surface area contributed by atoms with Crippen molar-refractivity contribution in [2.24, 2.45) is 5.92 Å². The summed E-state index contributed by atoms with van der Waals surface area (Å²) in [6.07, 6.45) is 5.10. The van der Waals surface area contributed by atoms with Crippen molar-refractivity contribution in [3.05, 3.63) is 0 Å². The smallest absolute Gasteiger partial charge is 0.338 e. The number of hydrogen-bond acceptors (Lipinski definition) is 4. The third-order valence-corrected chi connectivity index (χ3v) is 6.72. The summed E-state index contributed by atoms with van der Waals surface area (Å²) in [7, 11) is 0. The Morgan fingerprint density at radius 3 is 2.52 bits per heavy atom. The molecule has 0 aromatic rings. The van der Waals surface area contributed by atoms with Gasteiger partial charge in [0.2, 0.25) is 0 Å². The minimum absolute atomic E-state index is 0.00785. The second-order valence-corrected chi connectivity index (χ2v) is 8.48. The van der Waals surface area contributed by atoms with Crippen LogP contribution < -0.4 is 0 Å². The molecule has 5 heteroatoms. The summed E-state index contributed by atoms with van der Waals surface area (Å²) in [5, 5.41) is 10.6. The van der Waals surface area contributed by atoms with Crippen LogP contribution in [0.15, 0.2) is 0 Å². The number of ether oxygens (including phenoxy) is 1. The topological polar surface area (TPSA) is 46.5 Å². The molecule has 1 N–H and O–H groups in total. The summed E-state index contributed by atoms with van der Waals surface area (Å²) in [5.41, 5.74) is -1.29. The highest BCUT2D eigenvalue weighted by Crippen LogP contribution is 2.35. The molecule has 2 saturated heterocycles. The molecule has 2 atom stereocenters. The van der Waals surface area contributed by atoms with Crippen molar-refractivity contribution < 1.29 is 19.1 Å². The molecule has 2 unspecified atom stereocenters. The van der Waals surface area contributed by atoms with E-state index in [-0.39, 0.29) is 18.0 Å². The zero-order valence-corrected chi connectivity index (χ0v) is 13.9. The Bertz CT molecular complexity index is 387. The van der Waals surface area contributed by atoms with Gasteiger partial charge in [0, 0.05) is 17.9 Å². The van der Waals surface area contributed by atoms with E-state index in [9.17, 15) is 9.90 Å². The summed E-state index contributed by atoms with van der Waals surface area (Å²) < 4.78 is 6.83. The molecule has 3 fully saturated rings. The molecule has 1 saturated carbocycles. The molecular formula is C16H28NO3S+. The van der Waals surface area contributed by atoms with Gasteiger partial charge in [0.1, 0.15) is 6.54 Å². The number of carbonyl (C=O) groups excluding carboxylic acids is 1. The van der Waals surface area contributed by atoms with E-state index in [1.165, 1.54) is 24.6 Å². The van der Waals surface area contributed by atoms with Gasteiger partial charge in [-0.2, -0.15) is 11.8 Å². The van der Waals surface area contributed by atoms with E-state index in [0.717, 1.165) is 49.7 Å². The van der Waals surface area contributed by atoms with E-state index in [1.54, 1.807) is 6.92 Å². The first-order chi connectivity index (χ1) is 10.0. The Morgan fingerprint density at radius 1 is 1.19 bits per heavy atom. The van der Waals surface area contributed by atoms with Gasteiger partial charge in [-0.15, -0.1) is 0 Å². The summed E-state index contributed by atoms with van der Waals surface area (Å²) >= 11 is 2.03. The maximum Gasteiger partial charge on any atom is 0.338 e. The molecule has 0 aromatic carbocycles. The van der Waals surface area contributed by atoms with E-state index >= 15 is 0 Å². The first kappa shape index (κ1) is 15.6. The Morgan fingerprint density at radius 2 is 1.86 bits per heavy atom. The standard InChI is InChI=1S/C16H28NO3S/c1-16(19,13-4-2-3-5-13)15(18)20-14-6-7-17(12-14)8-10-21-11-9-17/h13-14,19H,2-12H2,1H3/q+1. The fourth-order valence-corrected chi connectivity index (χ4v) is 5.43. The lowest BCUT2D eigenvalue weighted by atomic mass is 9.88. The third-order valence-electron chi connectivity index (χ3n) is 5.77. The zero-order valence-electron chi connectivity index (χ0n) is 13.1. The van der Waals surface area contributed by atoms with Gasteiger partial charge in [0.15, 0.2) is 11.7 Å². The fraction of sp³-hybridized carbons (Fsp3) is 0.938. The predicted octanol–water partition coefficient (Wildman–Crippen LogP) is 1.81. The third kappa shape index (κ3) is 3.25. The van der Waals surface area contributed by atoms with Crippen molar-refractivity contribution in [2.45, 2.75) is 50.7 Å². The monoisotopic (exact) mass is 314 g/mol. The number of aliphatic hydroxyl groups is 1. The fourth-order valence-electron chi connectivity index (χ4n) is 4.19. The maximum atomic E-state index is 12.4. The highest BCUT2D eigenvalue weighted by molar-refractivity contribution is 7.99. The van der Waals surface area contributed by atoms with E-state index < -0.39 is 5.60 Å². The second-order valence-electron chi connectivity index (χ2n) is 7.25. The molecule has 2 heterocycles. The number of nitrogens with zero attached hydrogens (tertiary/aromatic N) is 1. The van der Waals surface area contributed by atoms with Gasteiger partial charge < -0.3 is 14.3 Å². The van der Waals surface area contributed by atoms with Crippen LogP contribution in [0.5, 0.6) is 0 Å². The van der Waals surface area contributed by atoms with Crippen molar-refractivity contribution in [1.29, 1.82) is 0 Å². The van der Waals surface area contributed by atoms with Crippen LogP contribution >= 0.6 is 11.8 Å². The Labute approximate surface area is 131 Å². The zero-order chi connectivity index (χ0) is 14.9. The van der Waals surface area contributed by atoms with Crippen LogP contribution in [0.2, 0.25) is 0 Å². The van der Waals surface area contributed by atoms with Crippen molar-refractivity contribution in [3.8, 4) is 0 Å². The lowest BCUT2D eigenvalue weighted by Crippen LogP contribution is -2.52. The Balaban J connectivity index is 1.55. The average Bonchev–Trinajstić information content (AvgIpc) is 3.11. The maximum absolute atomic E-state index is 12.4. The minimum Gasteiger partial charge on any atom is -0.454 e. The second kappa shape index (κ2) is 6.09. The summed E-state index contributed by atoms with van der Waals surface area (Å²) in [6.45, 7) is 6.15. The number of thioether (sulfide) groups is 1. The van der Waals surface area contributed by atoms with Gasteiger partial charge in [-0.1, -0.05) is 12.8 Å². The molecule has 21 heavy (non-hydrogen) atoms. The van der Waals surface area contributed by atoms with Gasteiger partial charge in [-0.3, -0.25) is 0 Å². The predicted molar refractivity (Wildman–Crippen MR) is 84.1 cm³/mol. The van der Waals surface area contributed by atoms with Crippen molar-refractivity contribution >= 4 is 17.7 Å². The van der Waals surface area contributed by atoms with Crippen molar-refractivity contribution in [3.63, 3.8) is 0 Å². The SMILES string of the molecule is CC(O)(C(=O)OC1CC[N+]2(CCSCC2)C1)C1CCCC1. The van der Waals surface area contributed by atoms with Gasteiger partial charge in [0.05, 0.1) is 19.6 Å². The number of quaternary nitrogens is 1. The minimum atomic E-state index is -1.29. The van der Waals surface area contributed by atoms with Gasteiger partial charge in [-0.05, 0) is 25.7 Å². The van der Waals surface area contributed by atoms with Gasteiger partial charge >= 0.3 is 5.97 Å². The lowest BCUT2D eigenvalue weighted by Gasteiger charge is -2.37. The van der Waals surface area contributed by atoms with Crippen LogP contribution in [0.1, 0.15) is 39.0 Å². The molecule has 120 valence electrons. The molecule has 0 aromatic heterocycles. The van der Waals surface area contributed by atoms with Crippen LogP contribution in [0.25, 0.3) is 0 Å². The first-order valence-corrected chi connectivity index (χ1v) is 9.54. The van der Waals surface area contributed by atoms with E-state index in [1.807, 2.05) is 11.8 Å². The highest BCUT2D eigenvalue weighted by atomic mass is 32.2. The van der Waals surface area contributed by atoms with Crippen molar-refractivity contribution in [1.82, 2.24) is 0 Å².